The molecule has 3 N–H and O–H groups in total. The summed E-state index contributed by atoms with van der Waals surface area (Å²) in [6.07, 6.45) is 4.00. The lowest BCUT2D eigenvalue weighted by atomic mass is 10.2. The van der Waals surface area contributed by atoms with E-state index in [4.69, 9.17) is 0 Å². The number of rotatable bonds is 7. The summed E-state index contributed by atoms with van der Waals surface area (Å²) in [7, 11) is 1.84. The summed E-state index contributed by atoms with van der Waals surface area (Å²) in [6, 6.07) is 3.99. The molecule has 170 valence electrons. The van der Waals surface area contributed by atoms with E-state index in [2.05, 4.69) is 36.0 Å². The average molecular weight is 444 g/mol. The fourth-order valence-corrected chi connectivity index (χ4v) is 3.83. The summed E-state index contributed by atoms with van der Waals surface area (Å²) in [4.78, 5) is 14.9. The second kappa shape index (κ2) is 9.75. The van der Waals surface area contributed by atoms with Crippen LogP contribution in [0.4, 0.5) is 20.3 Å². The van der Waals surface area contributed by atoms with E-state index >= 15 is 0 Å². The van der Waals surface area contributed by atoms with Gasteiger partial charge < -0.3 is 20.9 Å². The number of hydrogen-bond donors (Lipinski definition) is 3. The van der Waals surface area contributed by atoms with Crippen LogP contribution in [0.2, 0.25) is 0 Å². The van der Waals surface area contributed by atoms with Gasteiger partial charge in [-0.2, -0.15) is 5.10 Å². The molecular formula is C21H27F2N9. The smallest absolute Gasteiger partial charge is 0.191 e. The number of aromatic nitrogens is 4. The largest absolute Gasteiger partial charge is 0.367 e. The number of nitrogens with one attached hydrogen (secondary N) is 3. The van der Waals surface area contributed by atoms with Gasteiger partial charge in [0, 0.05) is 39.3 Å². The van der Waals surface area contributed by atoms with Crippen molar-refractivity contribution in [2.45, 2.75) is 19.4 Å². The highest BCUT2D eigenvalue weighted by molar-refractivity contribution is 5.86. The predicted molar refractivity (Wildman–Crippen MR) is 121 cm³/mol. The van der Waals surface area contributed by atoms with Crippen molar-refractivity contribution in [3.63, 3.8) is 0 Å². The van der Waals surface area contributed by atoms with Crippen LogP contribution in [0.25, 0.3) is 11.0 Å². The van der Waals surface area contributed by atoms with Gasteiger partial charge in [-0.05, 0) is 25.5 Å². The van der Waals surface area contributed by atoms with Crippen LogP contribution in [0.15, 0.2) is 35.7 Å². The molecule has 11 heteroatoms. The molecule has 1 aliphatic heterocycles. The number of hydrogen-bond acceptors (Lipinski definition) is 6. The highest BCUT2D eigenvalue weighted by Gasteiger charge is 2.27. The fourth-order valence-electron chi connectivity index (χ4n) is 3.83. The number of guanidine groups is 1. The lowest BCUT2D eigenvalue weighted by molar-refractivity contribution is 0.576. The first kappa shape index (κ1) is 21.7. The highest BCUT2D eigenvalue weighted by Crippen LogP contribution is 2.26. The van der Waals surface area contributed by atoms with Crippen molar-refractivity contribution in [3.8, 4) is 0 Å². The van der Waals surface area contributed by atoms with Crippen molar-refractivity contribution in [2.75, 3.05) is 42.9 Å². The molecule has 0 aliphatic carbocycles. The van der Waals surface area contributed by atoms with Gasteiger partial charge in [0.05, 0.1) is 18.1 Å². The molecule has 1 aliphatic rings. The van der Waals surface area contributed by atoms with Crippen LogP contribution in [0, 0.1) is 11.6 Å². The Balaban J connectivity index is 1.33. The van der Waals surface area contributed by atoms with Crippen LogP contribution in [0.3, 0.4) is 0 Å². The molecule has 1 unspecified atom stereocenters. The van der Waals surface area contributed by atoms with Crippen molar-refractivity contribution in [2.24, 2.45) is 12.0 Å². The van der Waals surface area contributed by atoms with E-state index in [9.17, 15) is 8.78 Å². The Morgan fingerprint density at radius 3 is 2.84 bits per heavy atom. The molecule has 1 atom stereocenters. The van der Waals surface area contributed by atoms with E-state index in [1.54, 1.807) is 15.8 Å². The molecule has 0 bridgehead atoms. The molecule has 9 nitrogen and oxygen atoms in total. The third-order valence-corrected chi connectivity index (χ3v) is 5.33. The van der Waals surface area contributed by atoms with Gasteiger partial charge in [0.15, 0.2) is 11.6 Å². The molecule has 0 spiro atoms. The summed E-state index contributed by atoms with van der Waals surface area (Å²) in [5, 5.41) is 14.9. The summed E-state index contributed by atoms with van der Waals surface area (Å²) >= 11 is 0. The maximum absolute atomic E-state index is 14.1. The molecule has 3 aromatic rings. The van der Waals surface area contributed by atoms with Crippen molar-refractivity contribution in [1.82, 2.24) is 30.4 Å². The molecule has 4 rings (SSSR count). The van der Waals surface area contributed by atoms with Gasteiger partial charge in [-0.3, -0.25) is 9.67 Å². The third kappa shape index (κ3) is 4.71. The Kier molecular flexibility index (Phi) is 6.62. The van der Waals surface area contributed by atoms with Gasteiger partial charge >= 0.3 is 0 Å². The van der Waals surface area contributed by atoms with Crippen LogP contribution in [-0.2, 0) is 7.05 Å². The molecule has 32 heavy (non-hydrogen) atoms. The third-order valence-electron chi connectivity index (χ3n) is 5.33. The Morgan fingerprint density at radius 2 is 2.06 bits per heavy atom. The topological polar surface area (TPSA) is 95.3 Å². The molecule has 0 saturated carbocycles. The van der Waals surface area contributed by atoms with Gasteiger partial charge in [0.1, 0.15) is 29.5 Å². The second-order valence-corrected chi connectivity index (χ2v) is 7.56. The lowest BCUT2D eigenvalue weighted by Crippen LogP contribution is -2.45. The highest BCUT2D eigenvalue weighted by atomic mass is 19.1. The van der Waals surface area contributed by atoms with E-state index < -0.39 is 11.6 Å². The zero-order chi connectivity index (χ0) is 22.5. The van der Waals surface area contributed by atoms with Crippen molar-refractivity contribution >= 4 is 28.5 Å². The first-order valence-corrected chi connectivity index (χ1v) is 10.7. The van der Waals surface area contributed by atoms with Crippen LogP contribution in [0.1, 0.15) is 13.3 Å². The van der Waals surface area contributed by atoms with E-state index in [1.807, 2.05) is 14.0 Å². The normalized spacial score (nSPS) is 16.6. The summed E-state index contributed by atoms with van der Waals surface area (Å²) in [5.74, 6) is 0.313. The first-order valence-electron chi connectivity index (χ1n) is 10.7. The number of nitrogens with zero attached hydrogens (tertiary/aromatic N) is 6. The van der Waals surface area contributed by atoms with Gasteiger partial charge in [-0.25, -0.2) is 18.7 Å². The minimum Gasteiger partial charge on any atom is -0.367 e. The van der Waals surface area contributed by atoms with Crippen LogP contribution < -0.4 is 20.9 Å². The van der Waals surface area contributed by atoms with Crippen molar-refractivity contribution in [1.29, 1.82) is 0 Å². The van der Waals surface area contributed by atoms with E-state index in [0.29, 0.717) is 38.7 Å². The standard InChI is InChI=1S/C21H27F2N9/c1-3-24-21(26-9-8-25-19-15-11-29-31(2)20(15)28-13-27-19)30-14-7-10-32(12-14)18-16(22)5-4-6-17(18)23/h4-6,11,13-14H,3,7-10,12H2,1-2H3,(H2,24,26,30)(H,25,27,28). The number of fused-ring (bicyclic) bond motifs is 1. The van der Waals surface area contributed by atoms with Crippen molar-refractivity contribution < 1.29 is 8.78 Å². The fraction of sp³-hybridized carbons (Fsp3) is 0.429. The van der Waals surface area contributed by atoms with Crippen LogP contribution >= 0.6 is 0 Å². The minimum absolute atomic E-state index is 0.0366. The monoisotopic (exact) mass is 443 g/mol. The predicted octanol–water partition coefficient (Wildman–Crippen LogP) is 1.89. The number of halogens is 2. The maximum atomic E-state index is 14.1. The summed E-state index contributed by atoms with van der Waals surface area (Å²) in [6.45, 7) is 4.87. The van der Waals surface area contributed by atoms with Crippen LogP contribution in [0.5, 0.6) is 0 Å². The van der Waals surface area contributed by atoms with Gasteiger partial charge in [0.2, 0.25) is 0 Å². The zero-order valence-electron chi connectivity index (χ0n) is 18.1. The number of benzene rings is 1. The number of aryl methyl sites for hydroxylation is 1. The van der Waals surface area contributed by atoms with E-state index in [1.165, 1.54) is 24.5 Å². The number of anilines is 2. The summed E-state index contributed by atoms with van der Waals surface area (Å²) in [5.41, 5.74) is 0.799. The molecular weight excluding hydrogens is 416 g/mol. The van der Waals surface area contributed by atoms with E-state index in [0.717, 1.165) is 23.3 Å². The first-order chi connectivity index (χ1) is 15.6. The van der Waals surface area contributed by atoms with E-state index in [-0.39, 0.29) is 11.7 Å². The SMILES string of the molecule is CCNC(=NCCNc1ncnc2c1cnn2C)NC1CCN(c2c(F)cccc2F)C1. The van der Waals surface area contributed by atoms with Crippen molar-refractivity contribution in [3.05, 3.63) is 42.4 Å². The quantitative estimate of drug-likeness (QED) is 0.292. The van der Waals surface area contributed by atoms with Gasteiger partial charge in [-0.15, -0.1) is 0 Å². The molecule has 1 aromatic carbocycles. The minimum atomic E-state index is -0.537. The second-order valence-electron chi connectivity index (χ2n) is 7.56. The molecule has 1 fully saturated rings. The Bertz CT molecular complexity index is 1080. The molecule has 2 aromatic heterocycles. The van der Waals surface area contributed by atoms with Crippen LogP contribution in [-0.4, -0.2) is 64.5 Å². The Labute approximate surface area is 184 Å². The Hall–Kier alpha value is -3.50. The maximum Gasteiger partial charge on any atom is 0.191 e. The zero-order valence-corrected chi connectivity index (χ0v) is 18.1. The van der Waals surface area contributed by atoms with Gasteiger partial charge in [0.25, 0.3) is 0 Å². The lowest BCUT2D eigenvalue weighted by Gasteiger charge is -2.21. The van der Waals surface area contributed by atoms with Gasteiger partial charge in [-0.1, -0.05) is 6.07 Å². The molecule has 1 saturated heterocycles. The number of para-hydroxylation sites is 1. The number of aliphatic imine (C=N–C) groups is 1. The molecule has 0 radical (unpaired) electrons. The molecule has 0 amide bonds. The summed E-state index contributed by atoms with van der Waals surface area (Å²) < 4.78 is 29.9. The average Bonchev–Trinajstić information content (AvgIpc) is 3.38. The molecule has 3 heterocycles. The Morgan fingerprint density at radius 1 is 1.25 bits per heavy atom.